The Morgan fingerprint density at radius 1 is 1.07 bits per heavy atom. The molecule has 2 aliphatic carbocycles. The number of hydrogen-bond acceptors (Lipinski definition) is 4. The van der Waals surface area contributed by atoms with E-state index in [1.54, 1.807) is 6.92 Å². The average Bonchev–Trinajstić information content (AvgIpc) is 3.33. The van der Waals surface area contributed by atoms with Gasteiger partial charge in [-0.3, -0.25) is 14.3 Å². The van der Waals surface area contributed by atoms with Gasteiger partial charge in [0.2, 0.25) is 0 Å². The third-order valence-corrected chi connectivity index (χ3v) is 9.60. The molecular weight excluding hydrogens is 601 g/mol. The molecule has 1 amide bonds. The molecule has 0 spiro atoms. The first kappa shape index (κ1) is 32.5. The molecule has 13 heteroatoms. The van der Waals surface area contributed by atoms with Crippen LogP contribution in [0.1, 0.15) is 106 Å². The van der Waals surface area contributed by atoms with Crippen molar-refractivity contribution in [2.24, 2.45) is 10.8 Å². The number of alkyl halides is 3. The molecule has 0 radical (unpaired) electrons. The molecule has 4 rings (SSSR count). The second-order valence-corrected chi connectivity index (χ2v) is 13.4. The summed E-state index contributed by atoms with van der Waals surface area (Å²) in [7, 11) is 0. The second kappa shape index (κ2) is 12.0. The lowest BCUT2D eigenvalue weighted by Crippen LogP contribution is -2.46. The Morgan fingerprint density at radius 3 is 2.12 bits per heavy atom. The number of rotatable bonds is 7. The molecule has 7 nitrogen and oxygen atoms in total. The van der Waals surface area contributed by atoms with Crippen LogP contribution in [0.3, 0.4) is 0 Å². The molecule has 42 heavy (non-hydrogen) atoms. The van der Waals surface area contributed by atoms with Crippen LogP contribution in [0, 0.1) is 16.6 Å². The Hall–Kier alpha value is -2.37. The third-order valence-electron chi connectivity index (χ3n) is 8.97. The molecule has 2 fully saturated rings. The summed E-state index contributed by atoms with van der Waals surface area (Å²) < 4.78 is 58.3. The number of benzene rings is 1. The predicted octanol–water partition coefficient (Wildman–Crippen LogP) is 7.70. The number of carbonyl (C=O) groups is 2. The molecule has 1 heterocycles. The van der Waals surface area contributed by atoms with Gasteiger partial charge in [-0.05, 0) is 75.8 Å². The van der Waals surface area contributed by atoms with Crippen molar-refractivity contribution >= 4 is 35.1 Å². The summed E-state index contributed by atoms with van der Waals surface area (Å²) in [6.07, 6.45) is -2.45. The minimum atomic E-state index is -4.93. The van der Waals surface area contributed by atoms with Gasteiger partial charge < -0.3 is 15.1 Å². The molecule has 2 saturated carbocycles. The molecule has 2 N–H and O–H groups in total. The van der Waals surface area contributed by atoms with Crippen molar-refractivity contribution in [3.8, 4) is 0 Å². The van der Waals surface area contributed by atoms with Crippen LogP contribution in [0.15, 0.2) is 18.3 Å². The van der Waals surface area contributed by atoms with Crippen LogP contribution in [0.5, 0.6) is 0 Å². The van der Waals surface area contributed by atoms with Crippen LogP contribution in [0.4, 0.5) is 17.6 Å². The molecule has 2 aliphatic rings. The van der Waals surface area contributed by atoms with Gasteiger partial charge in [0.25, 0.3) is 5.91 Å². The molecule has 1 aromatic carbocycles. The van der Waals surface area contributed by atoms with Crippen LogP contribution >= 0.6 is 23.2 Å². The highest BCUT2D eigenvalue weighted by atomic mass is 35.5. The summed E-state index contributed by atoms with van der Waals surface area (Å²) in [6.45, 7) is 5.31. The summed E-state index contributed by atoms with van der Waals surface area (Å²) in [5.74, 6) is -2.67. The van der Waals surface area contributed by atoms with Gasteiger partial charge in [0, 0.05) is 11.6 Å². The van der Waals surface area contributed by atoms with E-state index in [0.717, 1.165) is 23.0 Å². The number of nitrogens with zero attached hydrogens (tertiary/aromatic N) is 3. The number of aromatic nitrogens is 2. The lowest BCUT2D eigenvalue weighted by atomic mass is 9.74. The zero-order valence-corrected chi connectivity index (χ0v) is 25.2. The Morgan fingerprint density at radius 2 is 1.62 bits per heavy atom. The smallest absolute Gasteiger partial charge is 0.433 e. The van der Waals surface area contributed by atoms with E-state index in [4.69, 9.17) is 23.2 Å². The van der Waals surface area contributed by atoms with Crippen molar-refractivity contribution in [1.82, 2.24) is 14.7 Å². The Labute approximate surface area is 251 Å². The zero-order chi connectivity index (χ0) is 31.2. The lowest BCUT2D eigenvalue weighted by molar-refractivity contribution is -0.152. The first-order valence-corrected chi connectivity index (χ1v) is 14.7. The van der Waals surface area contributed by atoms with Gasteiger partial charge >= 0.3 is 12.1 Å². The molecule has 0 aliphatic heterocycles. The average molecular weight is 637 g/mol. The topological polar surface area (TPSA) is 95.7 Å². The predicted molar refractivity (Wildman–Crippen MR) is 149 cm³/mol. The SMILES string of the molecule is CC1(C)CCC(N(C[C@H](O)c2c(Cl)cc(F)cc2Cl)C(=O)c2cnn(C3CCC(C)(C(=O)O)CC3)c2C(F)(F)F)CC1. The van der Waals surface area contributed by atoms with Crippen molar-refractivity contribution < 1.29 is 37.4 Å². The molecule has 2 aromatic rings. The van der Waals surface area contributed by atoms with Gasteiger partial charge in [0.15, 0.2) is 5.69 Å². The van der Waals surface area contributed by atoms with E-state index >= 15 is 0 Å². The first-order valence-electron chi connectivity index (χ1n) is 13.9. The van der Waals surface area contributed by atoms with E-state index in [-0.39, 0.29) is 46.7 Å². The van der Waals surface area contributed by atoms with Crippen LogP contribution in [0.25, 0.3) is 0 Å². The fourth-order valence-corrected chi connectivity index (χ4v) is 6.89. The highest BCUT2D eigenvalue weighted by Crippen LogP contribution is 2.44. The summed E-state index contributed by atoms with van der Waals surface area (Å²) in [5, 5.41) is 24.3. The van der Waals surface area contributed by atoms with Gasteiger partial charge in [0.1, 0.15) is 5.82 Å². The van der Waals surface area contributed by atoms with Crippen molar-refractivity contribution in [3.05, 3.63) is 51.0 Å². The summed E-state index contributed by atoms with van der Waals surface area (Å²) >= 11 is 12.3. The number of aliphatic hydroxyl groups excluding tert-OH is 1. The quantitative estimate of drug-likeness (QED) is 0.304. The fraction of sp³-hybridized carbons (Fsp3) is 0.621. The lowest BCUT2D eigenvalue weighted by Gasteiger charge is -2.41. The highest BCUT2D eigenvalue weighted by Gasteiger charge is 2.46. The first-order chi connectivity index (χ1) is 19.4. The van der Waals surface area contributed by atoms with Crippen LogP contribution in [-0.2, 0) is 11.0 Å². The van der Waals surface area contributed by atoms with Crippen LogP contribution in [0.2, 0.25) is 10.0 Å². The zero-order valence-electron chi connectivity index (χ0n) is 23.6. The van der Waals surface area contributed by atoms with E-state index in [1.807, 2.05) is 0 Å². The minimum absolute atomic E-state index is 0.0130. The minimum Gasteiger partial charge on any atom is -0.481 e. The fourth-order valence-electron chi connectivity index (χ4n) is 6.17. The van der Waals surface area contributed by atoms with E-state index in [1.165, 1.54) is 4.90 Å². The summed E-state index contributed by atoms with van der Waals surface area (Å²) in [6, 6.07) is 0.717. The van der Waals surface area contributed by atoms with Gasteiger partial charge in [0.05, 0.1) is 45.9 Å². The largest absolute Gasteiger partial charge is 0.481 e. The maximum atomic E-state index is 14.6. The third kappa shape index (κ3) is 6.73. The Bertz CT molecular complexity index is 1310. The molecule has 1 aromatic heterocycles. The number of hydrogen-bond donors (Lipinski definition) is 2. The van der Waals surface area contributed by atoms with Gasteiger partial charge in [-0.15, -0.1) is 0 Å². The van der Waals surface area contributed by atoms with Crippen LogP contribution < -0.4 is 0 Å². The molecule has 0 saturated heterocycles. The van der Waals surface area contributed by atoms with E-state index in [9.17, 15) is 37.4 Å². The molecule has 232 valence electrons. The van der Waals surface area contributed by atoms with Gasteiger partial charge in [-0.1, -0.05) is 37.0 Å². The van der Waals surface area contributed by atoms with E-state index < -0.39 is 65.3 Å². The van der Waals surface area contributed by atoms with Crippen molar-refractivity contribution in [1.29, 1.82) is 0 Å². The number of halogens is 6. The standard InChI is InChI=1S/C29H35Cl2F4N3O4/c1-27(2)8-4-17(5-9-27)37(15-22(39)23-20(30)12-16(32)13-21(23)31)25(40)19-14-36-38(24(19)29(33,34)35)18-6-10-28(3,11-7-18)26(41)42/h12-14,17-18,22,39H,4-11,15H2,1-3H3,(H,41,42)/t18?,22-,28?/m0/s1. The van der Waals surface area contributed by atoms with Crippen molar-refractivity contribution in [3.63, 3.8) is 0 Å². The number of carboxylic acid groups (broad SMARTS) is 1. The monoisotopic (exact) mass is 635 g/mol. The summed E-state index contributed by atoms with van der Waals surface area (Å²) in [5.41, 5.74) is -2.93. The van der Waals surface area contributed by atoms with Crippen molar-refractivity contribution in [2.45, 2.75) is 96.5 Å². The maximum absolute atomic E-state index is 14.6. The van der Waals surface area contributed by atoms with E-state index in [2.05, 4.69) is 18.9 Å². The number of amides is 1. The number of aliphatic hydroxyl groups is 1. The highest BCUT2D eigenvalue weighted by molar-refractivity contribution is 6.36. The molecule has 0 bridgehead atoms. The Kier molecular flexibility index (Phi) is 9.27. The van der Waals surface area contributed by atoms with Crippen molar-refractivity contribution in [2.75, 3.05) is 6.54 Å². The number of aliphatic carboxylic acids is 1. The van der Waals surface area contributed by atoms with Gasteiger partial charge in [-0.2, -0.15) is 18.3 Å². The summed E-state index contributed by atoms with van der Waals surface area (Å²) in [4.78, 5) is 26.9. The second-order valence-electron chi connectivity index (χ2n) is 12.6. The molecular formula is C29H35Cl2F4N3O4. The Balaban J connectivity index is 1.70. The molecule has 0 unspecified atom stereocenters. The molecule has 1 atom stereocenters. The van der Waals surface area contributed by atoms with Crippen LogP contribution in [-0.4, -0.2) is 49.4 Å². The van der Waals surface area contributed by atoms with Gasteiger partial charge in [-0.25, -0.2) is 4.39 Å². The van der Waals surface area contributed by atoms with E-state index in [0.29, 0.717) is 25.7 Å². The normalized spacial score (nSPS) is 23.9. The number of carbonyl (C=O) groups excluding carboxylic acids is 1. The maximum Gasteiger partial charge on any atom is 0.433 e. The number of carboxylic acids is 1.